The first-order chi connectivity index (χ1) is 10.1. The van der Waals surface area contributed by atoms with Gasteiger partial charge in [-0.05, 0) is 32.4 Å². The molecule has 0 fully saturated rings. The van der Waals surface area contributed by atoms with Crippen LogP contribution in [0.1, 0.15) is 47.0 Å². The van der Waals surface area contributed by atoms with Gasteiger partial charge < -0.3 is 4.74 Å². The van der Waals surface area contributed by atoms with Crippen molar-refractivity contribution in [2.75, 3.05) is 0 Å². The van der Waals surface area contributed by atoms with Crippen LogP contribution in [0.25, 0.3) is 0 Å². The van der Waals surface area contributed by atoms with E-state index in [4.69, 9.17) is 4.74 Å². The summed E-state index contributed by atoms with van der Waals surface area (Å²) in [5.41, 5.74) is 0.882. The molecule has 1 atom stereocenters. The molecule has 0 aliphatic rings. The zero-order valence-corrected chi connectivity index (χ0v) is 19.3. The molecule has 0 aromatic rings. The van der Waals surface area contributed by atoms with E-state index in [-0.39, 0.29) is 12.1 Å². The summed E-state index contributed by atoms with van der Waals surface area (Å²) >= 11 is 0. The topological polar surface area (TPSA) is 26.3 Å². The minimum Gasteiger partial charge on any atom is -0.462 e. The molecule has 0 aromatic heterocycles. The summed E-state index contributed by atoms with van der Waals surface area (Å²) in [6.07, 6.45) is 2.76. The lowest BCUT2D eigenvalue weighted by atomic mass is 9.97. The molecule has 23 heavy (non-hydrogen) atoms. The van der Waals surface area contributed by atoms with Crippen LogP contribution < -0.4 is 0 Å². The fraction of sp³-hybridized carbons (Fsp3) is 0.842. The molecule has 0 saturated carbocycles. The van der Waals surface area contributed by atoms with Crippen LogP contribution in [0.3, 0.4) is 0 Å². The number of esters is 1. The fourth-order valence-corrected chi connectivity index (χ4v) is 16.9. The van der Waals surface area contributed by atoms with Crippen LogP contribution in [-0.2, 0) is 9.53 Å². The lowest BCUT2D eigenvalue weighted by Gasteiger charge is -2.41. The van der Waals surface area contributed by atoms with Gasteiger partial charge in [-0.3, -0.25) is 4.79 Å². The Bertz CT molecular complexity index is 395. The molecular weight excluding hydrogens is 316 g/mol. The molecule has 136 valence electrons. The summed E-state index contributed by atoms with van der Waals surface area (Å²) in [5.74, 6) is -0.0960. The molecule has 0 spiro atoms. The molecule has 0 aliphatic carbocycles. The molecule has 0 N–H and O–H groups in total. The second kappa shape index (κ2) is 8.15. The number of ether oxygens (including phenoxy) is 1. The van der Waals surface area contributed by atoms with Gasteiger partial charge in [0.05, 0.1) is 5.41 Å². The first-order valence-corrected chi connectivity index (χ1v) is 16.1. The van der Waals surface area contributed by atoms with Gasteiger partial charge in [-0.25, -0.2) is 0 Å². The van der Waals surface area contributed by atoms with E-state index in [1.165, 1.54) is 5.57 Å². The maximum atomic E-state index is 12.3. The van der Waals surface area contributed by atoms with E-state index in [0.717, 1.165) is 19.3 Å². The Balaban J connectivity index is 5.20. The Morgan fingerprint density at radius 1 is 1.04 bits per heavy atom. The highest BCUT2D eigenvalue weighted by atomic mass is 28.4. The Morgan fingerprint density at radius 3 is 1.78 bits per heavy atom. The Hall–Kier alpha value is -0.356. The zero-order chi connectivity index (χ0) is 18.6. The van der Waals surface area contributed by atoms with E-state index >= 15 is 0 Å². The summed E-state index contributed by atoms with van der Waals surface area (Å²) < 4.78 is 5.83. The Labute approximate surface area is 147 Å². The lowest BCUT2D eigenvalue weighted by molar-refractivity contribution is -0.158. The minimum absolute atomic E-state index is 0.0191. The highest BCUT2D eigenvalue weighted by Crippen LogP contribution is 2.40. The number of hydrogen-bond donors (Lipinski definition) is 0. The van der Waals surface area contributed by atoms with Gasteiger partial charge in [0.15, 0.2) is 0 Å². The van der Waals surface area contributed by atoms with Gasteiger partial charge in [0.2, 0.25) is 0 Å². The molecular formula is C19H40O2Si2. The average Bonchev–Trinajstić information content (AvgIpc) is 2.22. The van der Waals surface area contributed by atoms with Crippen molar-refractivity contribution in [1.29, 1.82) is 0 Å². The molecule has 2 nitrogen and oxygen atoms in total. The van der Waals surface area contributed by atoms with Gasteiger partial charge in [0.1, 0.15) is 6.10 Å². The summed E-state index contributed by atoms with van der Waals surface area (Å²) in [5, 5.41) is 0.655. The van der Waals surface area contributed by atoms with Crippen molar-refractivity contribution >= 4 is 22.1 Å². The van der Waals surface area contributed by atoms with Crippen LogP contribution >= 0.6 is 0 Å². The third-order valence-corrected chi connectivity index (χ3v) is 13.6. The minimum atomic E-state index is -1.33. The van der Waals surface area contributed by atoms with E-state index in [0.29, 0.717) is 5.16 Å². The predicted octanol–water partition coefficient (Wildman–Crippen LogP) is 6.28. The molecule has 1 unspecified atom stereocenters. The monoisotopic (exact) mass is 356 g/mol. The van der Waals surface area contributed by atoms with Crippen molar-refractivity contribution < 1.29 is 9.53 Å². The van der Waals surface area contributed by atoms with Crippen LogP contribution in [-0.4, -0.2) is 28.2 Å². The van der Waals surface area contributed by atoms with E-state index in [1.807, 2.05) is 20.8 Å². The fourth-order valence-electron chi connectivity index (χ4n) is 3.79. The second-order valence-corrected chi connectivity index (χ2v) is 21.3. The van der Waals surface area contributed by atoms with E-state index in [9.17, 15) is 4.79 Å². The number of rotatable bonds is 8. The highest BCUT2D eigenvalue weighted by Gasteiger charge is 2.40. The van der Waals surface area contributed by atoms with Gasteiger partial charge in [0, 0.05) is 22.6 Å². The van der Waals surface area contributed by atoms with Crippen molar-refractivity contribution in [3.05, 3.63) is 12.2 Å². The normalized spacial score (nSPS) is 14.7. The first kappa shape index (κ1) is 22.6. The van der Waals surface area contributed by atoms with Crippen LogP contribution in [0, 0.1) is 5.41 Å². The number of carbonyl (C=O) groups excluding carboxylic acids is 1. The molecule has 0 saturated heterocycles. The highest BCUT2D eigenvalue weighted by molar-refractivity contribution is 6.97. The standard InChI is InChI=1S/C19H40O2Si2/c1-12-13-16(21-18(20)19(3,4)5)14-15(2)17(22(6,7)8)23(9,10)11/h16-17H,2,12-14H2,1,3-11H3. The van der Waals surface area contributed by atoms with Gasteiger partial charge in [-0.2, -0.15) is 0 Å². The summed E-state index contributed by atoms with van der Waals surface area (Å²) in [4.78, 5) is 12.3. The smallest absolute Gasteiger partial charge is 0.311 e. The first-order valence-electron chi connectivity index (χ1n) is 8.99. The molecule has 0 rings (SSSR count). The Kier molecular flexibility index (Phi) is 8.02. The van der Waals surface area contributed by atoms with E-state index in [1.54, 1.807) is 0 Å². The summed E-state index contributed by atoms with van der Waals surface area (Å²) in [7, 11) is -2.66. The predicted molar refractivity (Wildman–Crippen MR) is 108 cm³/mol. The Morgan fingerprint density at radius 2 is 1.48 bits per heavy atom. The average molecular weight is 357 g/mol. The van der Waals surface area contributed by atoms with E-state index in [2.05, 4.69) is 52.8 Å². The second-order valence-electron chi connectivity index (χ2n) is 10.1. The largest absolute Gasteiger partial charge is 0.462 e. The van der Waals surface area contributed by atoms with Gasteiger partial charge in [-0.15, -0.1) is 6.58 Å². The van der Waals surface area contributed by atoms with Crippen molar-refractivity contribution in [2.45, 2.75) is 97.5 Å². The van der Waals surface area contributed by atoms with Crippen molar-refractivity contribution in [1.82, 2.24) is 0 Å². The van der Waals surface area contributed by atoms with Crippen molar-refractivity contribution in [3.8, 4) is 0 Å². The SMILES string of the molecule is C=C(CC(CCC)OC(=O)C(C)(C)C)C([Si](C)(C)C)[Si](C)(C)C. The zero-order valence-electron chi connectivity index (χ0n) is 17.3. The number of hydrogen-bond acceptors (Lipinski definition) is 2. The molecule has 0 heterocycles. The van der Waals surface area contributed by atoms with Crippen LogP contribution in [0.5, 0.6) is 0 Å². The maximum absolute atomic E-state index is 12.3. The van der Waals surface area contributed by atoms with Crippen LogP contribution in [0.2, 0.25) is 44.4 Å². The molecule has 0 bridgehead atoms. The van der Waals surface area contributed by atoms with Gasteiger partial charge in [-0.1, -0.05) is 58.2 Å². The number of carbonyl (C=O) groups is 1. The maximum Gasteiger partial charge on any atom is 0.311 e. The third kappa shape index (κ3) is 7.84. The summed E-state index contributed by atoms with van der Waals surface area (Å²) in [6.45, 7) is 27.0. The molecule has 0 radical (unpaired) electrons. The van der Waals surface area contributed by atoms with Crippen LogP contribution in [0.15, 0.2) is 12.2 Å². The quantitative estimate of drug-likeness (QED) is 0.291. The van der Waals surface area contributed by atoms with Crippen LogP contribution in [0.4, 0.5) is 0 Å². The summed E-state index contributed by atoms with van der Waals surface area (Å²) in [6, 6.07) is 0. The molecule has 4 heteroatoms. The molecule has 0 aliphatic heterocycles. The molecule has 0 amide bonds. The van der Waals surface area contributed by atoms with Crippen molar-refractivity contribution in [2.24, 2.45) is 5.41 Å². The molecule has 0 aromatic carbocycles. The van der Waals surface area contributed by atoms with E-state index < -0.39 is 21.6 Å². The third-order valence-electron chi connectivity index (χ3n) is 4.13. The van der Waals surface area contributed by atoms with Crippen molar-refractivity contribution in [3.63, 3.8) is 0 Å². The van der Waals surface area contributed by atoms with Gasteiger partial charge >= 0.3 is 5.97 Å². The lowest BCUT2D eigenvalue weighted by Crippen LogP contribution is -2.45. The van der Waals surface area contributed by atoms with Gasteiger partial charge in [0.25, 0.3) is 0 Å².